The summed E-state index contributed by atoms with van der Waals surface area (Å²) >= 11 is 6.03. The van der Waals surface area contributed by atoms with Gasteiger partial charge in [-0.1, -0.05) is 11.6 Å². The number of carbonyl (C=O) groups is 2. The Kier molecular flexibility index (Phi) is 6.34. The fourth-order valence-corrected chi connectivity index (χ4v) is 3.31. The number of non-ortho nitro benzene ring substituents is 1. The zero-order valence-electron chi connectivity index (χ0n) is 15.9. The van der Waals surface area contributed by atoms with Crippen molar-refractivity contribution in [1.29, 1.82) is 0 Å². The number of piperazine rings is 1. The molecule has 1 saturated heterocycles. The van der Waals surface area contributed by atoms with Crippen LogP contribution in [0.15, 0.2) is 42.5 Å². The van der Waals surface area contributed by atoms with Crippen LogP contribution in [0.2, 0.25) is 5.02 Å². The Morgan fingerprint density at radius 1 is 1.03 bits per heavy atom. The first-order chi connectivity index (χ1) is 14.6. The molecule has 0 aliphatic carbocycles. The van der Waals surface area contributed by atoms with Gasteiger partial charge in [0.1, 0.15) is 0 Å². The SMILES string of the molecule is O=C(Nc1cc(Cl)ccc1N1CCN(C(=O)C(F)(F)F)CC1)c1ccc([N+](=O)[O-])cc1. The van der Waals surface area contributed by atoms with Crippen molar-refractivity contribution >= 4 is 40.5 Å². The number of halogens is 4. The van der Waals surface area contributed by atoms with Gasteiger partial charge in [0.05, 0.1) is 16.3 Å². The van der Waals surface area contributed by atoms with Gasteiger partial charge in [0, 0.05) is 48.9 Å². The molecule has 0 saturated carbocycles. The van der Waals surface area contributed by atoms with Crippen molar-refractivity contribution in [2.24, 2.45) is 0 Å². The lowest BCUT2D eigenvalue weighted by Crippen LogP contribution is -2.52. The van der Waals surface area contributed by atoms with Gasteiger partial charge in [-0.15, -0.1) is 0 Å². The molecule has 12 heteroatoms. The Balaban J connectivity index is 1.75. The first kappa shape index (κ1) is 22.3. The summed E-state index contributed by atoms with van der Waals surface area (Å²) in [5, 5.41) is 13.8. The molecule has 1 N–H and O–H groups in total. The molecule has 164 valence electrons. The van der Waals surface area contributed by atoms with Crippen LogP contribution >= 0.6 is 11.6 Å². The molecule has 8 nitrogen and oxygen atoms in total. The molecule has 2 amide bonds. The van der Waals surface area contributed by atoms with E-state index < -0.39 is 22.9 Å². The summed E-state index contributed by atoms with van der Waals surface area (Å²) in [5.74, 6) is -2.42. The maximum Gasteiger partial charge on any atom is 0.471 e. The number of rotatable bonds is 4. The second-order valence-electron chi connectivity index (χ2n) is 6.70. The van der Waals surface area contributed by atoms with Crippen LogP contribution in [0.3, 0.4) is 0 Å². The second kappa shape index (κ2) is 8.80. The third kappa shape index (κ3) is 5.23. The van der Waals surface area contributed by atoms with E-state index in [-0.39, 0.29) is 37.4 Å². The first-order valence-electron chi connectivity index (χ1n) is 9.02. The summed E-state index contributed by atoms with van der Waals surface area (Å²) in [6.07, 6.45) is -4.92. The highest BCUT2D eigenvalue weighted by atomic mass is 35.5. The van der Waals surface area contributed by atoms with Gasteiger partial charge in [-0.3, -0.25) is 19.7 Å². The van der Waals surface area contributed by atoms with E-state index in [1.807, 2.05) is 0 Å². The Labute approximate surface area is 179 Å². The van der Waals surface area contributed by atoms with E-state index in [0.717, 1.165) is 4.90 Å². The maximum atomic E-state index is 12.6. The third-order valence-corrected chi connectivity index (χ3v) is 4.93. The molecule has 2 aromatic rings. The molecule has 0 radical (unpaired) electrons. The Morgan fingerprint density at radius 3 is 2.19 bits per heavy atom. The van der Waals surface area contributed by atoms with E-state index in [4.69, 9.17) is 11.6 Å². The summed E-state index contributed by atoms with van der Waals surface area (Å²) in [5.41, 5.74) is 0.869. The number of nitrogens with zero attached hydrogens (tertiary/aromatic N) is 3. The predicted molar refractivity (Wildman–Crippen MR) is 107 cm³/mol. The Bertz CT molecular complexity index is 1010. The zero-order valence-corrected chi connectivity index (χ0v) is 16.6. The van der Waals surface area contributed by atoms with Crippen molar-refractivity contribution in [2.45, 2.75) is 6.18 Å². The van der Waals surface area contributed by atoms with Crippen LogP contribution in [0.1, 0.15) is 10.4 Å². The average molecular weight is 457 g/mol. The van der Waals surface area contributed by atoms with Crippen LogP contribution in [-0.4, -0.2) is 54.0 Å². The summed E-state index contributed by atoms with van der Waals surface area (Å²) in [6, 6.07) is 9.70. The van der Waals surface area contributed by atoms with E-state index in [0.29, 0.717) is 16.4 Å². The van der Waals surface area contributed by atoms with Crippen molar-refractivity contribution in [3.05, 3.63) is 63.2 Å². The van der Waals surface area contributed by atoms with Crippen LogP contribution in [-0.2, 0) is 4.79 Å². The van der Waals surface area contributed by atoms with Gasteiger partial charge in [0.2, 0.25) is 0 Å². The second-order valence-corrected chi connectivity index (χ2v) is 7.13. The van der Waals surface area contributed by atoms with Gasteiger partial charge in [0.15, 0.2) is 0 Å². The van der Waals surface area contributed by atoms with Crippen molar-refractivity contribution < 1.29 is 27.7 Å². The van der Waals surface area contributed by atoms with Crippen LogP contribution in [0, 0.1) is 10.1 Å². The van der Waals surface area contributed by atoms with E-state index in [1.54, 1.807) is 17.0 Å². The average Bonchev–Trinajstić information content (AvgIpc) is 2.73. The van der Waals surface area contributed by atoms with Gasteiger partial charge < -0.3 is 15.1 Å². The fraction of sp³-hybridized carbons (Fsp3) is 0.263. The lowest BCUT2D eigenvalue weighted by molar-refractivity contribution is -0.384. The quantitative estimate of drug-likeness (QED) is 0.559. The molecule has 3 rings (SSSR count). The number of hydrogen-bond donors (Lipinski definition) is 1. The number of amides is 2. The number of anilines is 2. The molecule has 1 aliphatic heterocycles. The lowest BCUT2D eigenvalue weighted by atomic mass is 10.1. The minimum atomic E-state index is -4.92. The highest BCUT2D eigenvalue weighted by Crippen LogP contribution is 2.31. The molecule has 0 unspecified atom stereocenters. The standard InChI is InChI=1S/C19H16ClF3N4O4/c20-13-3-6-16(25-7-9-26(10-8-25)18(29)19(21,22)23)15(11-13)24-17(28)12-1-4-14(5-2-12)27(30)31/h1-6,11H,7-10H2,(H,24,28). The van der Waals surface area contributed by atoms with Gasteiger partial charge >= 0.3 is 12.1 Å². The lowest BCUT2D eigenvalue weighted by Gasteiger charge is -2.37. The molecule has 0 atom stereocenters. The first-order valence-corrected chi connectivity index (χ1v) is 9.40. The van der Waals surface area contributed by atoms with Crippen molar-refractivity contribution in [3.8, 4) is 0 Å². The number of hydrogen-bond acceptors (Lipinski definition) is 5. The summed E-state index contributed by atoms with van der Waals surface area (Å²) in [6.45, 7) is 0.00112. The topological polar surface area (TPSA) is 95.8 Å². The minimum absolute atomic E-state index is 0.128. The Hall–Kier alpha value is -3.34. The monoisotopic (exact) mass is 456 g/mol. The number of nitrogens with one attached hydrogen (secondary N) is 1. The van der Waals surface area contributed by atoms with Crippen LogP contribution in [0.4, 0.5) is 30.2 Å². The van der Waals surface area contributed by atoms with Crippen molar-refractivity contribution in [3.63, 3.8) is 0 Å². The molecule has 2 aromatic carbocycles. The molecule has 0 spiro atoms. The van der Waals surface area contributed by atoms with Gasteiger partial charge in [-0.25, -0.2) is 0 Å². The normalized spacial score (nSPS) is 14.3. The largest absolute Gasteiger partial charge is 0.471 e. The summed E-state index contributed by atoms with van der Waals surface area (Å²) in [7, 11) is 0. The van der Waals surface area contributed by atoms with Crippen molar-refractivity contribution in [1.82, 2.24) is 4.90 Å². The minimum Gasteiger partial charge on any atom is -0.366 e. The van der Waals surface area contributed by atoms with Crippen molar-refractivity contribution in [2.75, 3.05) is 36.4 Å². The Morgan fingerprint density at radius 2 is 1.65 bits per heavy atom. The van der Waals surface area contributed by atoms with Crippen LogP contribution in [0.25, 0.3) is 0 Å². The van der Waals surface area contributed by atoms with E-state index in [1.165, 1.54) is 30.3 Å². The molecular weight excluding hydrogens is 441 g/mol. The molecule has 31 heavy (non-hydrogen) atoms. The number of nitro benzene ring substituents is 1. The number of alkyl halides is 3. The van der Waals surface area contributed by atoms with E-state index in [2.05, 4.69) is 5.32 Å². The predicted octanol–water partition coefficient (Wildman–Crippen LogP) is 3.71. The summed E-state index contributed by atoms with van der Waals surface area (Å²) < 4.78 is 37.9. The maximum absolute atomic E-state index is 12.6. The summed E-state index contributed by atoms with van der Waals surface area (Å²) in [4.78, 5) is 36.6. The molecule has 0 aromatic heterocycles. The van der Waals surface area contributed by atoms with Gasteiger partial charge in [0.25, 0.3) is 11.6 Å². The molecular formula is C19H16ClF3N4O4. The molecule has 1 aliphatic rings. The number of carbonyl (C=O) groups excluding carboxylic acids is 2. The van der Waals surface area contributed by atoms with Gasteiger partial charge in [-0.05, 0) is 30.3 Å². The van der Waals surface area contributed by atoms with Crippen LogP contribution < -0.4 is 10.2 Å². The van der Waals surface area contributed by atoms with Gasteiger partial charge in [-0.2, -0.15) is 13.2 Å². The number of nitro groups is 1. The highest BCUT2D eigenvalue weighted by Gasteiger charge is 2.43. The highest BCUT2D eigenvalue weighted by molar-refractivity contribution is 6.31. The smallest absolute Gasteiger partial charge is 0.366 e. The van der Waals surface area contributed by atoms with E-state index in [9.17, 15) is 32.9 Å². The van der Waals surface area contributed by atoms with E-state index >= 15 is 0 Å². The molecule has 1 heterocycles. The molecule has 1 fully saturated rings. The van der Waals surface area contributed by atoms with Crippen LogP contribution in [0.5, 0.6) is 0 Å². The third-order valence-electron chi connectivity index (χ3n) is 4.70. The zero-order chi connectivity index (χ0) is 22.8. The molecule has 0 bridgehead atoms. The fourth-order valence-electron chi connectivity index (χ4n) is 3.14. The number of benzene rings is 2.